The molecule has 3 rings (SSSR count). The van der Waals surface area contributed by atoms with E-state index in [-0.39, 0.29) is 17.4 Å². The zero-order valence-electron chi connectivity index (χ0n) is 14.3. The second-order valence-corrected chi connectivity index (χ2v) is 8.03. The van der Waals surface area contributed by atoms with Crippen LogP contribution < -0.4 is 20.1 Å². The molecule has 2 aliphatic rings. The maximum Gasteiger partial charge on any atom is 0.414 e. The van der Waals surface area contributed by atoms with Crippen molar-refractivity contribution in [1.82, 2.24) is 10.6 Å². The van der Waals surface area contributed by atoms with E-state index >= 15 is 0 Å². The van der Waals surface area contributed by atoms with E-state index in [9.17, 15) is 14.4 Å². The van der Waals surface area contributed by atoms with E-state index in [1.807, 2.05) is 6.07 Å². The van der Waals surface area contributed by atoms with Gasteiger partial charge in [-0.25, -0.2) is 4.79 Å². The largest absolute Gasteiger partial charge is 0.447 e. The van der Waals surface area contributed by atoms with Gasteiger partial charge in [-0.2, -0.15) is 0 Å². The van der Waals surface area contributed by atoms with Crippen LogP contribution >= 0.6 is 23.9 Å². The van der Waals surface area contributed by atoms with Gasteiger partial charge in [-0.1, -0.05) is 0 Å². The van der Waals surface area contributed by atoms with Crippen LogP contribution in [0.4, 0.5) is 16.2 Å². The van der Waals surface area contributed by atoms with Crippen LogP contribution in [-0.2, 0) is 9.53 Å². The van der Waals surface area contributed by atoms with E-state index in [4.69, 9.17) is 4.74 Å². The van der Waals surface area contributed by atoms with Gasteiger partial charge in [-0.05, 0) is 44.2 Å². The average molecular weight is 396 g/mol. The normalized spacial score (nSPS) is 20.7. The minimum Gasteiger partial charge on any atom is -0.447 e. The zero-order chi connectivity index (χ0) is 18.7. The molecule has 4 N–H and O–H groups in total. The molecule has 0 spiro atoms. The lowest BCUT2D eigenvalue weighted by Gasteiger charge is -2.19. The maximum absolute atomic E-state index is 12.5. The van der Waals surface area contributed by atoms with Crippen molar-refractivity contribution in [3.8, 4) is 0 Å². The molecule has 0 aliphatic carbocycles. The van der Waals surface area contributed by atoms with Gasteiger partial charge in [-0.15, -0.1) is 11.8 Å². The Morgan fingerprint density at radius 1 is 1.23 bits per heavy atom. The number of nitrogens with one attached hydrogen (secondary N) is 4. The molecule has 0 aromatic heterocycles. The number of carbonyl (C=O) groups is 3. The lowest BCUT2D eigenvalue weighted by atomic mass is 10.1. The summed E-state index contributed by atoms with van der Waals surface area (Å²) in [6, 6.07) is 5.31. The highest BCUT2D eigenvalue weighted by atomic mass is 32.2. The van der Waals surface area contributed by atoms with Gasteiger partial charge in [0.25, 0.3) is 5.91 Å². The molecule has 2 aliphatic heterocycles. The summed E-state index contributed by atoms with van der Waals surface area (Å²) in [7, 11) is 0. The Balaban J connectivity index is 1.60. The third kappa shape index (κ3) is 4.36. The van der Waals surface area contributed by atoms with Crippen LogP contribution in [0.1, 0.15) is 30.6 Å². The van der Waals surface area contributed by atoms with Crippen molar-refractivity contribution in [2.45, 2.75) is 31.7 Å². The number of ether oxygens (including phenoxy) is 1. The van der Waals surface area contributed by atoms with Gasteiger partial charge in [0.1, 0.15) is 0 Å². The first-order valence-corrected chi connectivity index (χ1v) is 10.1. The van der Waals surface area contributed by atoms with Crippen molar-refractivity contribution in [3.63, 3.8) is 0 Å². The minimum atomic E-state index is -0.762. The second kappa shape index (κ2) is 8.09. The van der Waals surface area contributed by atoms with E-state index in [1.54, 1.807) is 26.0 Å². The summed E-state index contributed by atoms with van der Waals surface area (Å²) < 4.78 is 11.1. The molecular weight excluding hydrogens is 376 g/mol. The quantitative estimate of drug-likeness (QED) is 0.575. The first-order valence-electron chi connectivity index (χ1n) is 8.20. The Hall–Kier alpha value is -2.07. The number of anilines is 2. The standard InChI is InChI=1S/C16H20N4O4S2/c1-8(2)24-16(23)18-14(22)10-5-6-25-15(10)17-13(21)9-3-4-11-12(7-9)20-26-19-11/h3-4,7-8,10,15,19-20H,5-6H2,1-2H3,(H,17,21)(H,18,22,23). The van der Waals surface area contributed by atoms with Crippen LogP contribution in [0, 0.1) is 5.92 Å². The fourth-order valence-corrected chi connectivity index (χ4v) is 4.59. The zero-order valence-corrected chi connectivity index (χ0v) is 16.0. The molecule has 0 saturated carbocycles. The van der Waals surface area contributed by atoms with Crippen molar-refractivity contribution in [3.05, 3.63) is 23.8 Å². The molecule has 2 heterocycles. The molecule has 1 aromatic rings. The highest BCUT2D eigenvalue weighted by molar-refractivity contribution is 8.02. The molecular formula is C16H20N4O4S2. The van der Waals surface area contributed by atoms with Gasteiger partial charge in [0.15, 0.2) is 0 Å². The smallest absolute Gasteiger partial charge is 0.414 e. The number of fused-ring (bicyclic) bond motifs is 1. The molecule has 10 heteroatoms. The lowest BCUT2D eigenvalue weighted by Crippen LogP contribution is -2.44. The third-order valence-corrected chi connectivity index (χ3v) is 5.79. The van der Waals surface area contributed by atoms with E-state index in [0.29, 0.717) is 12.0 Å². The van der Waals surface area contributed by atoms with Crippen LogP contribution in [0.3, 0.4) is 0 Å². The van der Waals surface area contributed by atoms with Crippen molar-refractivity contribution >= 4 is 53.2 Å². The Morgan fingerprint density at radius 3 is 2.77 bits per heavy atom. The Labute approximate surface area is 159 Å². The van der Waals surface area contributed by atoms with Crippen molar-refractivity contribution in [2.75, 3.05) is 15.2 Å². The molecule has 2 unspecified atom stereocenters. The number of thioether (sulfide) groups is 1. The molecule has 1 fully saturated rings. The number of benzene rings is 1. The summed E-state index contributed by atoms with van der Waals surface area (Å²) in [6.07, 6.45) is -0.484. The van der Waals surface area contributed by atoms with Gasteiger partial charge in [0.2, 0.25) is 5.91 Å². The van der Waals surface area contributed by atoms with Crippen LogP contribution in [0.25, 0.3) is 0 Å². The molecule has 0 bridgehead atoms. The summed E-state index contributed by atoms with van der Waals surface area (Å²) in [5.74, 6) is -0.432. The highest BCUT2D eigenvalue weighted by Crippen LogP contribution is 2.34. The number of hydrogen-bond acceptors (Lipinski definition) is 8. The predicted molar refractivity (Wildman–Crippen MR) is 103 cm³/mol. The van der Waals surface area contributed by atoms with Crippen LogP contribution in [0.2, 0.25) is 0 Å². The number of carbonyl (C=O) groups excluding carboxylic acids is 3. The topological polar surface area (TPSA) is 109 Å². The van der Waals surface area contributed by atoms with Crippen molar-refractivity contribution < 1.29 is 19.1 Å². The number of amides is 3. The molecule has 0 radical (unpaired) electrons. The molecule has 2 atom stereocenters. The first-order chi connectivity index (χ1) is 12.4. The summed E-state index contributed by atoms with van der Waals surface area (Å²) in [5.41, 5.74) is 2.27. The average Bonchev–Trinajstić information content (AvgIpc) is 3.21. The number of rotatable bonds is 4. The van der Waals surface area contributed by atoms with Gasteiger partial charge >= 0.3 is 6.09 Å². The number of alkyl carbamates (subject to hydrolysis) is 1. The molecule has 1 saturated heterocycles. The van der Waals surface area contributed by atoms with Gasteiger partial charge in [-0.3, -0.25) is 14.9 Å². The van der Waals surface area contributed by atoms with E-state index in [1.165, 1.54) is 23.9 Å². The van der Waals surface area contributed by atoms with Crippen LogP contribution in [0.5, 0.6) is 0 Å². The van der Waals surface area contributed by atoms with Crippen LogP contribution in [0.15, 0.2) is 18.2 Å². The van der Waals surface area contributed by atoms with E-state index in [0.717, 1.165) is 17.1 Å². The second-order valence-electron chi connectivity index (χ2n) is 6.17. The molecule has 8 nitrogen and oxygen atoms in total. The molecule has 1 aromatic carbocycles. The van der Waals surface area contributed by atoms with Crippen molar-refractivity contribution in [2.24, 2.45) is 5.92 Å². The summed E-state index contributed by atoms with van der Waals surface area (Å²) >= 11 is 2.83. The van der Waals surface area contributed by atoms with Crippen molar-refractivity contribution in [1.29, 1.82) is 0 Å². The summed E-state index contributed by atoms with van der Waals surface area (Å²) in [4.78, 5) is 36.5. The van der Waals surface area contributed by atoms with E-state index in [2.05, 4.69) is 20.1 Å². The Kier molecular flexibility index (Phi) is 5.82. The van der Waals surface area contributed by atoms with Crippen LogP contribution in [-0.4, -0.2) is 35.1 Å². The summed E-state index contributed by atoms with van der Waals surface area (Å²) in [5, 5.41) is 4.75. The third-order valence-electron chi connectivity index (χ3n) is 3.87. The number of imide groups is 1. The number of hydrogen-bond donors (Lipinski definition) is 4. The SMILES string of the molecule is CC(C)OC(=O)NC(=O)C1CCSC1NC(=O)c1ccc2c(c1)NSN2. The Morgan fingerprint density at radius 2 is 2.00 bits per heavy atom. The fourth-order valence-electron chi connectivity index (χ4n) is 2.64. The van der Waals surface area contributed by atoms with Gasteiger partial charge in [0, 0.05) is 5.56 Å². The minimum absolute atomic E-state index is 0.256. The first kappa shape index (κ1) is 18.7. The molecule has 3 amide bonds. The highest BCUT2D eigenvalue weighted by Gasteiger charge is 2.36. The van der Waals surface area contributed by atoms with Gasteiger partial charge in [0.05, 0.1) is 40.9 Å². The lowest BCUT2D eigenvalue weighted by molar-refractivity contribution is -0.124. The molecule has 140 valence electrons. The summed E-state index contributed by atoms with van der Waals surface area (Å²) in [6.45, 7) is 3.41. The van der Waals surface area contributed by atoms with Gasteiger partial charge < -0.3 is 19.5 Å². The maximum atomic E-state index is 12.5. The predicted octanol–water partition coefficient (Wildman–Crippen LogP) is 2.56. The van der Waals surface area contributed by atoms with E-state index < -0.39 is 17.9 Å². The fraction of sp³-hybridized carbons (Fsp3) is 0.438. The Bertz CT molecular complexity index is 728. The molecule has 26 heavy (non-hydrogen) atoms. The monoisotopic (exact) mass is 396 g/mol.